The number of halogens is 4. The lowest BCUT2D eigenvalue weighted by molar-refractivity contribution is -0.141. The van der Waals surface area contributed by atoms with Gasteiger partial charge in [-0.05, 0) is 62.3 Å². The number of benzene rings is 1. The number of amides is 1. The molecule has 1 saturated carbocycles. The highest BCUT2D eigenvalue weighted by molar-refractivity contribution is 6.30. The minimum Gasteiger partial charge on any atom is -0.475 e. The average Bonchev–Trinajstić information content (AvgIpc) is 3.23. The molecule has 0 atom stereocenters. The lowest BCUT2D eigenvalue weighted by Crippen LogP contribution is -2.39. The molecule has 13 heteroatoms. The van der Waals surface area contributed by atoms with Crippen LogP contribution in [0, 0.1) is 12.8 Å². The second-order valence-electron chi connectivity index (χ2n) is 10.3. The van der Waals surface area contributed by atoms with Crippen molar-refractivity contribution in [3.05, 3.63) is 81.1 Å². The van der Waals surface area contributed by atoms with Gasteiger partial charge in [0.1, 0.15) is 6.61 Å². The van der Waals surface area contributed by atoms with Crippen molar-refractivity contribution < 1.29 is 27.8 Å². The number of hydrogen-bond acceptors (Lipinski definition) is 6. The maximum atomic E-state index is 13.7. The van der Waals surface area contributed by atoms with E-state index in [0.29, 0.717) is 43.8 Å². The number of rotatable bonds is 8. The number of aromatic nitrogens is 4. The Labute approximate surface area is 243 Å². The number of para-hydroxylation sites is 2. The molecule has 5 rings (SSSR count). The second kappa shape index (κ2) is 12.1. The van der Waals surface area contributed by atoms with Crippen LogP contribution in [-0.4, -0.2) is 49.4 Å². The van der Waals surface area contributed by atoms with E-state index in [9.17, 15) is 22.8 Å². The number of imidazole rings is 1. The molecular formula is C29H29ClF3N5O4. The highest BCUT2D eigenvalue weighted by atomic mass is 35.5. The van der Waals surface area contributed by atoms with Crippen LogP contribution in [0.25, 0.3) is 16.7 Å². The van der Waals surface area contributed by atoms with Crippen molar-refractivity contribution in [3.63, 3.8) is 0 Å². The quantitative estimate of drug-likeness (QED) is 0.296. The Hall–Kier alpha value is -3.90. The molecule has 1 amide bonds. The Morgan fingerprint density at radius 1 is 1.12 bits per heavy atom. The summed E-state index contributed by atoms with van der Waals surface area (Å²) in [6.07, 6.45) is 0.114. The summed E-state index contributed by atoms with van der Waals surface area (Å²) in [7, 11) is 0. The minimum atomic E-state index is -4.79. The molecule has 0 unspecified atom stereocenters. The fourth-order valence-corrected chi connectivity index (χ4v) is 5.61. The summed E-state index contributed by atoms with van der Waals surface area (Å²) in [4.78, 5) is 34.1. The van der Waals surface area contributed by atoms with Gasteiger partial charge in [-0.15, -0.1) is 0 Å². The number of pyridine rings is 2. The number of aliphatic hydroxyl groups excluding tert-OH is 1. The number of carbonyl (C=O) groups excluding carboxylic acids is 1. The first-order valence-electron chi connectivity index (χ1n) is 13.5. The predicted molar refractivity (Wildman–Crippen MR) is 150 cm³/mol. The number of fused-ring (bicyclic) bond motifs is 1. The number of nitrogens with zero attached hydrogens (tertiary/aromatic N) is 4. The van der Waals surface area contributed by atoms with Crippen LogP contribution in [0.15, 0.2) is 53.6 Å². The van der Waals surface area contributed by atoms with Gasteiger partial charge in [-0.1, -0.05) is 23.7 Å². The van der Waals surface area contributed by atoms with Crippen LogP contribution in [0.5, 0.6) is 5.88 Å². The number of aliphatic hydroxyl groups is 1. The Balaban J connectivity index is 1.31. The molecule has 0 spiro atoms. The molecular weight excluding hydrogens is 575 g/mol. The van der Waals surface area contributed by atoms with Gasteiger partial charge >= 0.3 is 11.9 Å². The third kappa shape index (κ3) is 6.14. The fourth-order valence-electron chi connectivity index (χ4n) is 5.45. The van der Waals surface area contributed by atoms with Gasteiger partial charge < -0.3 is 15.2 Å². The first-order valence-corrected chi connectivity index (χ1v) is 13.9. The zero-order chi connectivity index (χ0) is 30.0. The first kappa shape index (κ1) is 29.6. The van der Waals surface area contributed by atoms with Crippen LogP contribution in [0.1, 0.15) is 47.3 Å². The maximum Gasteiger partial charge on any atom is 0.434 e. The summed E-state index contributed by atoms with van der Waals surface area (Å²) in [5, 5.41) is 11.7. The van der Waals surface area contributed by atoms with Crippen LogP contribution in [-0.2, 0) is 12.7 Å². The van der Waals surface area contributed by atoms with Crippen LogP contribution in [0.2, 0.25) is 5.02 Å². The second-order valence-corrected chi connectivity index (χ2v) is 10.8. The smallest absolute Gasteiger partial charge is 0.434 e. The topological polar surface area (TPSA) is 111 Å². The monoisotopic (exact) mass is 603 g/mol. The molecule has 0 aliphatic heterocycles. The zero-order valence-electron chi connectivity index (χ0n) is 22.7. The number of carbonyl (C=O) groups is 1. The van der Waals surface area contributed by atoms with Gasteiger partial charge in [0.15, 0.2) is 5.69 Å². The summed E-state index contributed by atoms with van der Waals surface area (Å²) >= 11 is 5.82. The van der Waals surface area contributed by atoms with Crippen molar-refractivity contribution in [1.29, 1.82) is 0 Å². The van der Waals surface area contributed by atoms with E-state index in [1.807, 2.05) is 31.2 Å². The molecule has 1 aliphatic rings. The van der Waals surface area contributed by atoms with E-state index >= 15 is 0 Å². The third-order valence-electron chi connectivity index (χ3n) is 7.47. The molecule has 4 aromatic rings. The van der Waals surface area contributed by atoms with Crippen molar-refractivity contribution in [2.24, 2.45) is 5.92 Å². The maximum absolute atomic E-state index is 13.7. The van der Waals surface area contributed by atoms with Gasteiger partial charge in [0.2, 0.25) is 5.88 Å². The number of alkyl halides is 3. The van der Waals surface area contributed by atoms with Gasteiger partial charge in [0.25, 0.3) is 5.91 Å². The molecule has 1 aliphatic carbocycles. The van der Waals surface area contributed by atoms with E-state index in [-0.39, 0.29) is 35.9 Å². The number of aryl methyl sites for hydroxylation is 1. The largest absolute Gasteiger partial charge is 0.475 e. The number of ether oxygens (including phenoxy) is 1. The number of nitrogens with one attached hydrogen (secondary N) is 1. The Kier molecular flexibility index (Phi) is 8.55. The molecule has 0 radical (unpaired) electrons. The predicted octanol–water partition coefficient (Wildman–Crippen LogP) is 4.92. The lowest BCUT2D eigenvalue weighted by Gasteiger charge is -2.29. The van der Waals surface area contributed by atoms with E-state index in [1.54, 1.807) is 21.4 Å². The van der Waals surface area contributed by atoms with Gasteiger partial charge in [-0.3, -0.25) is 13.9 Å². The Morgan fingerprint density at radius 2 is 1.83 bits per heavy atom. The average molecular weight is 604 g/mol. The van der Waals surface area contributed by atoms with Crippen molar-refractivity contribution in [2.45, 2.75) is 51.4 Å². The van der Waals surface area contributed by atoms with Crippen molar-refractivity contribution in [2.75, 3.05) is 13.2 Å². The normalized spacial score (nSPS) is 17.4. The molecule has 3 aromatic heterocycles. The first-order chi connectivity index (χ1) is 20.1. The van der Waals surface area contributed by atoms with Crippen LogP contribution in [0.4, 0.5) is 13.2 Å². The summed E-state index contributed by atoms with van der Waals surface area (Å²) in [6, 6.07) is 9.87. The lowest BCUT2D eigenvalue weighted by atomic mass is 9.85. The Bertz CT molecular complexity index is 1660. The van der Waals surface area contributed by atoms with Gasteiger partial charge in [0.05, 0.1) is 40.1 Å². The summed E-state index contributed by atoms with van der Waals surface area (Å²) in [5.41, 5.74) is 0.808. The van der Waals surface area contributed by atoms with E-state index in [4.69, 9.17) is 21.4 Å². The molecule has 0 saturated heterocycles. The molecule has 0 bridgehead atoms. The SMILES string of the molecule is Cc1cc(OCCO)ncc1-n1c(=O)n(C[C@H]2CC[C@H](NC(=O)c3cc(Cl)cnc3C(F)(F)F)CC2)c2ccccc21. The Morgan fingerprint density at radius 3 is 2.50 bits per heavy atom. The van der Waals surface area contributed by atoms with Gasteiger partial charge in [-0.2, -0.15) is 13.2 Å². The third-order valence-corrected chi connectivity index (χ3v) is 7.67. The van der Waals surface area contributed by atoms with E-state index < -0.39 is 23.3 Å². The molecule has 1 aromatic carbocycles. The molecule has 3 heterocycles. The summed E-state index contributed by atoms with van der Waals surface area (Å²) in [5.74, 6) is -0.383. The van der Waals surface area contributed by atoms with E-state index in [0.717, 1.165) is 28.9 Å². The fraction of sp³-hybridized carbons (Fsp3) is 0.379. The van der Waals surface area contributed by atoms with Crippen molar-refractivity contribution in [1.82, 2.24) is 24.4 Å². The van der Waals surface area contributed by atoms with Gasteiger partial charge in [0, 0.05) is 24.8 Å². The minimum absolute atomic E-state index is 0.0570. The van der Waals surface area contributed by atoms with Gasteiger partial charge in [-0.25, -0.2) is 14.8 Å². The number of hydrogen-bond donors (Lipinski definition) is 2. The highest BCUT2D eigenvalue weighted by Crippen LogP contribution is 2.32. The van der Waals surface area contributed by atoms with Crippen LogP contribution >= 0.6 is 11.6 Å². The molecule has 1 fully saturated rings. The zero-order valence-corrected chi connectivity index (χ0v) is 23.5. The molecule has 9 nitrogen and oxygen atoms in total. The molecule has 222 valence electrons. The molecule has 2 N–H and O–H groups in total. The van der Waals surface area contributed by atoms with Crippen LogP contribution < -0.4 is 15.7 Å². The standard InChI is InChI=1S/C29H29ClF3N5O4/c1-17-12-25(42-11-10-39)34-15-24(17)38-23-5-3-2-4-22(23)37(28(38)41)16-18-6-8-20(9-7-18)36-27(40)21-13-19(30)14-35-26(21)29(31,32)33/h2-5,12-15,18,20,39H,6-11,16H2,1H3,(H,36,40)/t18-,20-. The highest BCUT2D eigenvalue weighted by Gasteiger charge is 2.38. The van der Waals surface area contributed by atoms with E-state index in [2.05, 4.69) is 15.3 Å². The van der Waals surface area contributed by atoms with Crippen LogP contribution in [0.3, 0.4) is 0 Å². The van der Waals surface area contributed by atoms with Crippen molar-refractivity contribution >= 4 is 28.5 Å². The van der Waals surface area contributed by atoms with Crippen molar-refractivity contribution in [3.8, 4) is 11.6 Å². The van der Waals surface area contributed by atoms with E-state index in [1.165, 1.54) is 0 Å². The summed E-state index contributed by atoms with van der Waals surface area (Å²) < 4.78 is 48.9. The summed E-state index contributed by atoms with van der Waals surface area (Å²) in [6.45, 7) is 2.28. The molecule has 42 heavy (non-hydrogen) atoms.